The summed E-state index contributed by atoms with van der Waals surface area (Å²) in [7, 11) is 0. The number of thioether (sulfide) groups is 1. The van der Waals surface area contributed by atoms with Gasteiger partial charge in [-0.15, -0.1) is 0 Å². The molecule has 0 aromatic rings. The van der Waals surface area contributed by atoms with Gasteiger partial charge >= 0.3 is 11.9 Å². The summed E-state index contributed by atoms with van der Waals surface area (Å²) >= 11 is 1.46. The summed E-state index contributed by atoms with van der Waals surface area (Å²) < 4.78 is 0. The van der Waals surface area contributed by atoms with Crippen LogP contribution in [0.4, 0.5) is 0 Å². The zero-order valence-corrected chi connectivity index (χ0v) is 20.2. The van der Waals surface area contributed by atoms with Crippen molar-refractivity contribution in [2.45, 2.75) is 76.5 Å². The van der Waals surface area contributed by atoms with Gasteiger partial charge in [-0.05, 0) is 43.6 Å². The standard InChI is InChI=1S/C21H36N4O7S/c1-4-12(2)17(22)19(29)23-13(7-8-16(26)27)20(30)25-10-5-6-15(25)18(28)24-14(21(31)32)9-11-33-3/h12-15,17H,4-11,22H2,1-3H3,(H,23,29)(H,24,28)(H,26,27)(H,31,32). The highest BCUT2D eigenvalue weighted by atomic mass is 32.2. The minimum Gasteiger partial charge on any atom is -0.481 e. The van der Waals surface area contributed by atoms with Crippen LogP contribution in [-0.2, 0) is 24.0 Å². The Hall–Kier alpha value is -2.34. The van der Waals surface area contributed by atoms with Crippen LogP contribution in [0.15, 0.2) is 0 Å². The van der Waals surface area contributed by atoms with Gasteiger partial charge in [-0.3, -0.25) is 19.2 Å². The highest BCUT2D eigenvalue weighted by Crippen LogP contribution is 2.20. The second kappa shape index (κ2) is 14.0. The highest BCUT2D eigenvalue weighted by Gasteiger charge is 2.39. The van der Waals surface area contributed by atoms with Crippen LogP contribution in [-0.4, -0.2) is 87.5 Å². The molecule has 1 heterocycles. The zero-order valence-electron chi connectivity index (χ0n) is 19.4. The summed E-state index contributed by atoms with van der Waals surface area (Å²) in [5.74, 6) is -3.58. The molecule has 0 saturated carbocycles. The molecule has 3 amide bonds. The molecule has 0 aromatic heterocycles. The van der Waals surface area contributed by atoms with Gasteiger partial charge in [0.15, 0.2) is 0 Å². The number of nitrogens with one attached hydrogen (secondary N) is 2. The molecule has 1 rings (SSSR count). The number of carbonyl (C=O) groups is 5. The topological polar surface area (TPSA) is 179 Å². The first kappa shape index (κ1) is 28.7. The molecule has 6 N–H and O–H groups in total. The first-order chi connectivity index (χ1) is 15.5. The Morgan fingerprint density at radius 3 is 2.33 bits per heavy atom. The predicted octanol–water partition coefficient (Wildman–Crippen LogP) is 0.0229. The van der Waals surface area contributed by atoms with E-state index in [-0.39, 0.29) is 31.7 Å². The van der Waals surface area contributed by atoms with Crippen LogP contribution in [0.5, 0.6) is 0 Å². The van der Waals surface area contributed by atoms with Gasteiger partial charge in [-0.2, -0.15) is 11.8 Å². The fourth-order valence-electron chi connectivity index (χ4n) is 3.57. The first-order valence-electron chi connectivity index (χ1n) is 11.1. The van der Waals surface area contributed by atoms with Gasteiger partial charge in [0, 0.05) is 13.0 Å². The van der Waals surface area contributed by atoms with Crippen molar-refractivity contribution in [1.82, 2.24) is 15.5 Å². The second-order valence-corrected chi connectivity index (χ2v) is 9.26. The number of hydrogen-bond acceptors (Lipinski definition) is 7. The minimum atomic E-state index is -1.15. The average molecular weight is 489 g/mol. The molecule has 1 aliphatic heterocycles. The van der Waals surface area contributed by atoms with E-state index in [1.807, 2.05) is 13.2 Å². The minimum absolute atomic E-state index is 0.139. The number of carboxylic acids is 2. The molecule has 33 heavy (non-hydrogen) atoms. The fraction of sp³-hybridized carbons (Fsp3) is 0.762. The van der Waals surface area contributed by atoms with E-state index >= 15 is 0 Å². The molecule has 0 radical (unpaired) electrons. The maximum absolute atomic E-state index is 13.2. The Labute approximate surface area is 198 Å². The van der Waals surface area contributed by atoms with E-state index in [9.17, 15) is 29.1 Å². The monoisotopic (exact) mass is 488 g/mol. The van der Waals surface area contributed by atoms with Crippen molar-refractivity contribution >= 4 is 41.4 Å². The highest BCUT2D eigenvalue weighted by molar-refractivity contribution is 7.98. The van der Waals surface area contributed by atoms with Crippen molar-refractivity contribution in [3.63, 3.8) is 0 Å². The molecule has 5 atom stereocenters. The summed E-state index contributed by atoms with van der Waals surface area (Å²) in [6.45, 7) is 3.92. The summed E-state index contributed by atoms with van der Waals surface area (Å²) in [5, 5.41) is 23.5. The van der Waals surface area contributed by atoms with E-state index < -0.39 is 53.8 Å². The van der Waals surface area contributed by atoms with Gasteiger partial charge in [0.25, 0.3) is 0 Å². The van der Waals surface area contributed by atoms with Crippen molar-refractivity contribution in [3.05, 3.63) is 0 Å². The molecule has 0 bridgehead atoms. The van der Waals surface area contributed by atoms with Gasteiger partial charge in [-0.1, -0.05) is 20.3 Å². The molecule has 1 aliphatic rings. The quantitative estimate of drug-likeness (QED) is 0.225. The van der Waals surface area contributed by atoms with Gasteiger partial charge < -0.3 is 31.5 Å². The Balaban J connectivity index is 2.97. The summed E-state index contributed by atoms with van der Waals surface area (Å²) in [6.07, 6.45) is 3.10. The van der Waals surface area contributed by atoms with Gasteiger partial charge in [0.05, 0.1) is 6.04 Å². The largest absolute Gasteiger partial charge is 0.481 e. The SMILES string of the molecule is CCC(C)C(N)C(=O)NC(CCC(=O)O)C(=O)N1CCCC1C(=O)NC(CCSC)C(=O)O. The van der Waals surface area contributed by atoms with E-state index in [0.29, 0.717) is 25.0 Å². The van der Waals surface area contributed by atoms with Crippen molar-refractivity contribution in [3.8, 4) is 0 Å². The smallest absolute Gasteiger partial charge is 0.326 e. The van der Waals surface area contributed by atoms with Crippen LogP contribution in [0.2, 0.25) is 0 Å². The molecule has 5 unspecified atom stereocenters. The number of hydrogen-bond donors (Lipinski definition) is 5. The lowest BCUT2D eigenvalue weighted by Gasteiger charge is -2.30. The second-order valence-electron chi connectivity index (χ2n) is 8.28. The van der Waals surface area contributed by atoms with Crippen LogP contribution >= 0.6 is 11.8 Å². The van der Waals surface area contributed by atoms with Crippen LogP contribution in [0.3, 0.4) is 0 Å². The Morgan fingerprint density at radius 2 is 1.79 bits per heavy atom. The number of amides is 3. The Bertz CT molecular complexity index is 721. The normalized spacial score (nSPS) is 19.3. The number of aliphatic carboxylic acids is 2. The predicted molar refractivity (Wildman–Crippen MR) is 124 cm³/mol. The van der Waals surface area contributed by atoms with Crippen LogP contribution in [0, 0.1) is 5.92 Å². The van der Waals surface area contributed by atoms with Gasteiger partial charge in [0.2, 0.25) is 17.7 Å². The third-order valence-electron chi connectivity index (χ3n) is 5.88. The van der Waals surface area contributed by atoms with E-state index in [4.69, 9.17) is 10.8 Å². The molecule has 11 nitrogen and oxygen atoms in total. The molecule has 1 fully saturated rings. The van der Waals surface area contributed by atoms with E-state index in [2.05, 4.69) is 10.6 Å². The third-order valence-corrected chi connectivity index (χ3v) is 6.53. The number of likely N-dealkylation sites (tertiary alicyclic amines) is 1. The molecular formula is C21H36N4O7S. The number of nitrogens with zero attached hydrogens (tertiary/aromatic N) is 1. The molecule has 0 aliphatic carbocycles. The summed E-state index contributed by atoms with van der Waals surface area (Å²) in [5.41, 5.74) is 5.95. The van der Waals surface area contributed by atoms with Crippen molar-refractivity contribution in [2.24, 2.45) is 11.7 Å². The maximum atomic E-state index is 13.2. The van der Waals surface area contributed by atoms with Crippen molar-refractivity contribution in [2.75, 3.05) is 18.6 Å². The number of carbonyl (C=O) groups excluding carboxylic acids is 3. The average Bonchev–Trinajstić information content (AvgIpc) is 3.27. The first-order valence-corrected chi connectivity index (χ1v) is 12.5. The number of carboxylic acid groups (broad SMARTS) is 2. The molecule has 188 valence electrons. The van der Waals surface area contributed by atoms with Crippen molar-refractivity contribution in [1.29, 1.82) is 0 Å². The Morgan fingerprint density at radius 1 is 1.12 bits per heavy atom. The van der Waals surface area contributed by atoms with E-state index in [1.54, 1.807) is 6.92 Å². The van der Waals surface area contributed by atoms with Crippen LogP contribution < -0.4 is 16.4 Å². The molecule has 1 saturated heterocycles. The Kier molecular flexibility index (Phi) is 12.2. The van der Waals surface area contributed by atoms with Gasteiger partial charge in [0.1, 0.15) is 18.1 Å². The fourth-order valence-corrected chi connectivity index (χ4v) is 4.04. The van der Waals surface area contributed by atoms with Gasteiger partial charge in [-0.25, -0.2) is 4.79 Å². The lowest BCUT2D eigenvalue weighted by atomic mass is 9.98. The number of nitrogens with two attached hydrogens (primary N) is 1. The molecular weight excluding hydrogens is 452 g/mol. The maximum Gasteiger partial charge on any atom is 0.326 e. The lowest BCUT2D eigenvalue weighted by Crippen LogP contribution is -2.57. The van der Waals surface area contributed by atoms with Crippen LogP contribution in [0.25, 0.3) is 0 Å². The third kappa shape index (κ3) is 8.84. The summed E-state index contributed by atoms with van der Waals surface area (Å²) in [4.78, 5) is 62.5. The molecule has 12 heteroatoms. The zero-order chi connectivity index (χ0) is 25.1. The van der Waals surface area contributed by atoms with E-state index in [1.165, 1.54) is 16.7 Å². The number of rotatable bonds is 14. The molecule has 0 spiro atoms. The van der Waals surface area contributed by atoms with Crippen LogP contribution in [0.1, 0.15) is 52.4 Å². The van der Waals surface area contributed by atoms with Crippen molar-refractivity contribution < 1.29 is 34.2 Å². The van der Waals surface area contributed by atoms with E-state index in [0.717, 1.165) is 0 Å². The lowest BCUT2D eigenvalue weighted by molar-refractivity contribution is -0.145. The molecule has 0 aromatic carbocycles. The summed E-state index contributed by atoms with van der Waals surface area (Å²) in [6, 6.07) is -3.97.